The van der Waals surface area contributed by atoms with Crippen LogP contribution in [0.4, 0.5) is 5.69 Å². The van der Waals surface area contributed by atoms with Gasteiger partial charge in [-0.15, -0.1) is 0 Å². The number of anilines is 1. The fourth-order valence-corrected chi connectivity index (χ4v) is 1.18. The van der Waals surface area contributed by atoms with Crippen LogP contribution < -0.4 is 5.73 Å². The molecule has 3 N–H and O–H groups in total. The quantitative estimate of drug-likeness (QED) is 0.466. The number of esters is 1. The zero-order chi connectivity index (χ0) is 12.1. The lowest BCUT2D eigenvalue weighted by Crippen LogP contribution is -2.08. The zero-order valence-electron chi connectivity index (χ0n) is 9.56. The van der Waals surface area contributed by atoms with Crippen LogP contribution in [0.1, 0.15) is 30.6 Å². The smallest absolute Gasteiger partial charge is 0.341 e. The van der Waals surface area contributed by atoms with Crippen molar-refractivity contribution in [3.8, 4) is 5.75 Å². The van der Waals surface area contributed by atoms with Crippen molar-refractivity contribution in [2.45, 2.75) is 20.3 Å². The van der Waals surface area contributed by atoms with Crippen molar-refractivity contribution in [3.05, 3.63) is 23.8 Å². The summed E-state index contributed by atoms with van der Waals surface area (Å²) in [6.45, 7) is 4.45. The van der Waals surface area contributed by atoms with Gasteiger partial charge < -0.3 is 15.6 Å². The van der Waals surface area contributed by atoms with Crippen LogP contribution in [0.15, 0.2) is 18.2 Å². The molecule has 0 aromatic heterocycles. The first kappa shape index (κ1) is 12.4. The van der Waals surface area contributed by atoms with Gasteiger partial charge in [0.1, 0.15) is 11.3 Å². The van der Waals surface area contributed by atoms with E-state index in [4.69, 9.17) is 10.5 Å². The summed E-state index contributed by atoms with van der Waals surface area (Å²) in [6, 6.07) is 4.32. The van der Waals surface area contributed by atoms with Crippen molar-refractivity contribution >= 4 is 11.7 Å². The molecule has 0 unspecified atom stereocenters. The summed E-state index contributed by atoms with van der Waals surface area (Å²) in [5, 5.41) is 9.46. The summed E-state index contributed by atoms with van der Waals surface area (Å²) in [6.07, 6.45) is 0.800. The van der Waals surface area contributed by atoms with Crippen molar-refractivity contribution in [1.29, 1.82) is 0 Å². The number of benzene rings is 1. The highest BCUT2D eigenvalue weighted by Crippen LogP contribution is 2.20. The summed E-state index contributed by atoms with van der Waals surface area (Å²) >= 11 is 0. The molecule has 16 heavy (non-hydrogen) atoms. The Morgan fingerprint density at radius 2 is 2.19 bits per heavy atom. The Labute approximate surface area is 95.0 Å². The lowest BCUT2D eigenvalue weighted by molar-refractivity contribution is 0.0485. The van der Waals surface area contributed by atoms with Gasteiger partial charge in [0.2, 0.25) is 0 Å². The van der Waals surface area contributed by atoms with Gasteiger partial charge >= 0.3 is 5.97 Å². The fraction of sp³-hybridized carbons (Fsp3) is 0.417. The minimum atomic E-state index is -0.537. The second kappa shape index (κ2) is 5.39. The highest BCUT2D eigenvalue weighted by Gasteiger charge is 2.12. The number of carbonyl (C=O) groups excluding carboxylic acids is 1. The summed E-state index contributed by atoms with van der Waals surface area (Å²) in [5.74, 6) is -0.170. The highest BCUT2D eigenvalue weighted by atomic mass is 16.5. The Morgan fingerprint density at radius 3 is 2.81 bits per heavy atom. The summed E-state index contributed by atoms with van der Waals surface area (Å²) < 4.78 is 5.02. The molecule has 1 rings (SSSR count). The Kier molecular flexibility index (Phi) is 4.17. The van der Waals surface area contributed by atoms with Gasteiger partial charge in [-0.2, -0.15) is 0 Å². The molecule has 0 amide bonds. The number of nitrogens with two attached hydrogens (primary N) is 1. The number of hydrogen-bond acceptors (Lipinski definition) is 4. The minimum absolute atomic E-state index is 0.108. The third-order valence-electron chi connectivity index (χ3n) is 2.17. The fourth-order valence-electron chi connectivity index (χ4n) is 1.18. The SMILES string of the molecule is CC(C)CCOC(=O)c1cc(N)ccc1O. The number of phenols is 1. The van der Waals surface area contributed by atoms with Gasteiger partial charge in [-0.3, -0.25) is 0 Å². The zero-order valence-corrected chi connectivity index (χ0v) is 9.56. The molecule has 0 radical (unpaired) electrons. The van der Waals surface area contributed by atoms with Gasteiger partial charge in [-0.05, 0) is 30.5 Å². The van der Waals surface area contributed by atoms with Crippen LogP contribution in [0, 0.1) is 5.92 Å². The molecule has 0 atom stereocenters. The molecule has 4 nitrogen and oxygen atoms in total. The van der Waals surface area contributed by atoms with Crippen molar-refractivity contribution in [2.75, 3.05) is 12.3 Å². The predicted molar refractivity (Wildman–Crippen MR) is 62.3 cm³/mol. The molecular weight excluding hydrogens is 206 g/mol. The molecule has 1 aromatic rings. The monoisotopic (exact) mass is 223 g/mol. The van der Waals surface area contributed by atoms with E-state index in [1.807, 2.05) is 13.8 Å². The molecule has 0 saturated heterocycles. The first-order valence-corrected chi connectivity index (χ1v) is 5.26. The molecule has 88 valence electrons. The predicted octanol–water partition coefficient (Wildman–Crippen LogP) is 2.18. The summed E-state index contributed by atoms with van der Waals surface area (Å²) in [5.41, 5.74) is 6.06. The number of aromatic hydroxyl groups is 1. The molecule has 0 aliphatic carbocycles. The Bertz CT molecular complexity index is 375. The first-order valence-electron chi connectivity index (χ1n) is 5.26. The van der Waals surface area contributed by atoms with Gasteiger partial charge in [0.15, 0.2) is 0 Å². The normalized spacial score (nSPS) is 10.4. The van der Waals surface area contributed by atoms with Gasteiger partial charge in [0, 0.05) is 5.69 Å². The average Bonchev–Trinajstić information content (AvgIpc) is 2.21. The number of hydrogen-bond donors (Lipinski definition) is 2. The molecule has 0 aliphatic rings. The van der Waals surface area contributed by atoms with Gasteiger partial charge in [0.25, 0.3) is 0 Å². The van der Waals surface area contributed by atoms with Gasteiger partial charge in [-0.25, -0.2) is 4.79 Å². The molecule has 0 spiro atoms. The van der Waals surface area contributed by atoms with Crippen LogP contribution >= 0.6 is 0 Å². The van der Waals surface area contributed by atoms with Crippen molar-refractivity contribution in [2.24, 2.45) is 5.92 Å². The maximum atomic E-state index is 11.6. The van der Waals surface area contributed by atoms with E-state index in [1.165, 1.54) is 18.2 Å². The van der Waals surface area contributed by atoms with Crippen LogP contribution in [0.5, 0.6) is 5.75 Å². The van der Waals surface area contributed by atoms with E-state index in [0.717, 1.165) is 6.42 Å². The van der Waals surface area contributed by atoms with Crippen LogP contribution in [0.2, 0.25) is 0 Å². The lowest BCUT2D eigenvalue weighted by Gasteiger charge is -2.08. The third kappa shape index (κ3) is 3.46. The molecule has 1 aromatic carbocycles. The molecular formula is C12H17NO3. The third-order valence-corrected chi connectivity index (χ3v) is 2.17. The van der Waals surface area contributed by atoms with Crippen LogP contribution in [0.25, 0.3) is 0 Å². The second-order valence-electron chi connectivity index (χ2n) is 4.10. The van der Waals surface area contributed by atoms with E-state index < -0.39 is 5.97 Å². The summed E-state index contributed by atoms with van der Waals surface area (Å²) in [7, 11) is 0. The highest BCUT2D eigenvalue weighted by molar-refractivity contribution is 5.93. The number of ether oxygens (including phenoxy) is 1. The second-order valence-corrected chi connectivity index (χ2v) is 4.10. The maximum absolute atomic E-state index is 11.6. The van der Waals surface area contributed by atoms with Crippen LogP contribution in [-0.4, -0.2) is 17.7 Å². The first-order chi connectivity index (χ1) is 7.50. The van der Waals surface area contributed by atoms with Crippen LogP contribution in [-0.2, 0) is 4.74 Å². The molecule has 0 fully saturated rings. The number of rotatable bonds is 4. The number of carbonyl (C=O) groups is 1. The Morgan fingerprint density at radius 1 is 1.50 bits per heavy atom. The number of nitrogen functional groups attached to an aromatic ring is 1. The standard InChI is InChI=1S/C12H17NO3/c1-8(2)5-6-16-12(15)10-7-9(13)3-4-11(10)14/h3-4,7-8,14H,5-6,13H2,1-2H3. The van der Waals surface area contributed by atoms with Gasteiger partial charge in [0.05, 0.1) is 6.61 Å². The van der Waals surface area contributed by atoms with E-state index >= 15 is 0 Å². The Balaban J connectivity index is 2.62. The molecule has 0 bridgehead atoms. The van der Waals surface area contributed by atoms with Crippen molar-refractivity contribution in [1.82, 2.24) is 0 Å². The maximum Gasteiger partial charge on any atom is 0.341 e. The molecule has 0 saturated carbocycles. The van der Waals surface area contributed by atoms with Crippen molar-refractivity contribution < 1.29 is 14.6 Å². The van der Waals surface area contributed by atoms with Crippen LogP contribution in [0.3, 0.4) is 0 Å². The average molecular weight is 223 g/mol. The minimum Gasteiger partial charge on any atom is -0.507 e. The number of phenolic OH excluding ortho intramolecular Hbond substituents is 1. The molecule has 0 aliphatic heterocycles. The Hall–Kier alpha value is -1.71. The van der Waals surface area contributed by atoms with E-state index in [1.54, 1.807) is 0 Å². The topological polar surface area (TPSA) is 72.5 Å². The van der Waals surface area contributed by atoms with Crippen molar-refractivity contribution in [3.63, 3.8) is 0 Å². The molecule has 0 heterocycles. The van der Waals surface area contributed by atoms with E-state index in [-0.39, 0.29) is 11.3 Å². The van der Waals surface area contributed by atoms with E-state index in [2.05, 4.69) is 0 Å². The molecule has 4 heteroatoms. The van der Waals surface area contributed by atoms with Gasteiger partial charge in [-0.1, -0.05) is 13.8 Å². The summed E-state index contributed by atoms with van der Waals surface area (Å²) in [4.78, 5) is 11.6. The van der Waals surface area contributed by atoms with E-state index in [0.29, 0.717) is 18.2 Å². The lowest BCUT2D eigenvalue weighted by atomic mass is 10.1. The largest absolute Gasteiger partial charge is 0.507 e. The van der Waals surface area contributed by atoms with E-state index in [9.17, 15) is 9.90 Å².